The molecule has 1 aromatic rings. The van der Waals surface area contributed by atoms with Crippen LogP contribution in [0.1, 0.15) is 26.7 Å². The summed E-state index contributed by atoms with van der Waals surface area (Å²) in [5.41, 5.74) is -0.161. The van der Waals surface area contributed by atoms with Gasteiger partial charge in [0.25, 0.3) is 5.56 Å². The van der Waals surface area contributed by atoms with E-state index >= 15 is 0 Å². The van der Waals surface area contributed by atoms with Gasteiger partial charge in [-0.1, -0.05) is 19.9 Å². The Hall–Kier alpha value is -2.11. The van der Waals surface area contributed by atoms with Crippen LogP contribution in [0.5, 0.6) is 0 Å². The predicted octanol–water partition coefficient (Wildman–Crippen LogP) is 0.854. The molecule has 1 unspecified atom stereocenters. The molecule has 1 heterocycles. The first-order valence-corrected chi connectivity index (χ1v) is 6.56. The summed E-state index contributed by atoms with van der Waals surface area (Å²) in [5, 5.41) is 11.5. The number of carboxylic acids is 1. The first-order chi connectivity index (χ1) is 9.40. The van der Waals surface area contributed by atoms with Crippen LogP contribution in [0, 0.1) is 5.92 Å². The molecule has 1 atom stereocenters. The van der Waals surface area contributed by atoms with E-state index in [9.17, 15) is 14.4 Å². The average molecular weight is 280 g/mol. The quantitative estimate of drug-likeness (QED) is 0.775. The van der Waals surface area contributed by atoms with E-state index in [1.807, 2.05) is 13.8 Å². The van der Waals surface area contributed by atoms with Gasteiger partial charge in [-0.2, -0.15) is 0 Å². The van der Waals surface area contributed by atoms with Gasteiger partial charge in [-0.05, 0) is 12.0 Å². The summed E-state index contributed by atoms with van der Waals surface area (Å²) in [4.78, 5) is 34.0. The molecule has 0 fully saturated rings. The second-order valence-corrected chi connectivity index (χ2v) is 5.00. The van der Waals surface area contributed by atoms with E-state index in [0.29, 0.717) is 0 Å². The smallest absolute Gasteiger partial charge is 0.305 e. The number of carbonyl (C=O) groups excluding carboxylic acids is 1. The Bertz CT molecular complexity index is 522. The molecule has 0 aromatic carbocycles. The minimum atomic E-state index is -0.941. The fraction of sp³-hybridized carbons (Fsp3) is 0.500. The molecule has 0 bridgehead atoms. The summed E-state index contributed by atoms with van der Waals surface area (Å²) in [7, 11) is 0. The van der Waals surface area contributed by atoms with Crippen molar-refractivity contribution >= 4 is 11.9 Å². The molecule has 0 aliphatic rings. The Morgan fingerprint density at radius 1 is 1.35 bits per heavy atom. The number of carboxylic acid groups (broad SMARTS) is 1. The molecule has 20 heavy (non-hydrogen) atoms. The van der Waals surface area contributed by atoms with Gasteiger partial charge in [-0.3, -0.25) is 14.4 Å². The lowest BCUT2D eigenvalue weighted by molar-refractivity contribution is -0.138. The highest BCUT2D eigenvalue weighted by atomic mass is 16.4. The van der Waals surface area contributed by atoms with E-state index in [1.54, 1.807) is 18.3 Å². The Kier molecular flexibility index (Phi) is 5.96. The summed E-state index contributed by atoms with van der Waals surface area (Å²) in [6.07, 6.45) is 1.66. The van der Waals surface area contributed by atoms with Gasteiger partial charge >= 0.3 is 5.97 Å². The number of aromatic nitrogens is 1. The lowest BCUT2D eigenvalue weighted by atomic mass is 10.0. The number of nitrogens with one attached hydrogen (secondary N) is 1. The molecule has 1 rings (SSSR count). The number of hydrogen-bond donors (Lipinski definition) is 2. The number of pyridine rings is 1. The largest absolute Gasteiger partial charge is 0.481 e. The van der Waals surface area contributed by atoms with Crippen LogP contribution in [0.3, 0.4) is 0 Å². The maximum atomic E-state index is 11.8. The van der Waals surface area contributed by atoms with Crippen LogP contribution in [0.2, 0.25) is 0 Å². The zero-order valence-corrected chi connectivity index (χ0v) is 11.7. The lowest BCUT2D eigenvalue weighted by Gasteiger charge is -2.20. The van der Waals surface area contributed by atoms with Crippen molar-refractivity contribution in [3.8, 4) is 0 Å². The zero-order valence-electron chi connectivity index (χ0n) is 11.7. The Morgan fingerprint density at radius 2 is 2.05 bits per heavy atom. The standard InChI is InChI=1S/C14H20N2O4/c1-10(2)11(9-14(19)20)15-12(17)6-8-16-7-4-3-5-13(16)18/h3-5,7,10-11H,6,8-9H2,1-2H3,(H,15,17)(H,19,20). The molecule has 110 valence electrons. The Labute approximate surface area is 117 Å². The van der Waals surface area contributed by atoms with Crippen molar-refractivity contribution in [2.24, 2.45) is 5.92 Å². The zero-order chi connectivity index (χ0) is 15.1. The van der Waals surface area contributed by atoms with Crippen LogP contribution in [0.15, 0.2) is 29.2 Å². The minimum absolute atomic E-state index is 0.0366. The first-order valence-electron chi connectivity index (χ1n) is 6.56. The van der Waals surface area contributed by atoms with Gasteiger partial charge in [0.05, 0.1) is 6.42 Å². The normalized spacial score (nSPS) is 12.2. The van der Waals surface area contributed by atoms with Crippen LogP contribution in [0.4, 0.5) is 0 Å². The summed E-state index contributed by atoms with van der Waals surface area (Å²) in [6.45, 7) is 3.99. The van der Waals surface area contributed by atoms with E-state index in [0.717, 1.165) is 0 Å². The van der Waals surface area contributed by atoms with E-state index < -0.39 is 12.0 Å². The van der Waals surface area contributed by atoms with Gasteiger partial charge < -0.3 is 15.0 Å². The van der Waals surface area contributed by atoms with Gasteiger partial charge in [0.2, 0.25) is 5.91 Å². The molecule has 6 nitrogen and oxygen atoms in total. The monoisotopic (exact) mass is 280 g/mol. The number of amides is 1. The van der Waals surface area contributed by atoms with E-state index in [2.05, 4.69) is 5.32 Å². The third-order valence-corrected chi connectivity index (χ3v) is 3.02. The predicted molar refractivity (Wildman–Crippen MR) is 74.3 cm³/mol. The second kappa shape index (κ2) is 7.47. The van der Waals surface area contributed by atoms with E-state index in [-0.39, 0.29) is 36.8 Å². The van der Waals surface area contributed by atoms with E-state index in [4.69, 9.17) is 5.11 Å². The number of nitrogens with zero attached hydrogens (tertiary/aromatic N) is 1. The van der Waals surface area contributed by atoms with Crippen molar-refractivity contribution in [3.05, 3.63) is 34.7 Å². The SMILES string of the molecule is CC(C)C(CC(=O)O)NC(=O)CCn1ccccc1=O. The van der Waals surface area contributed by atoms with Gasteiger partial charge in [-0.25, -0.2) is 0 Å². The van der Waals surface area contributed by atoms with Crippen LogP contribution in [0.25, 0.3) is 0 Å². The van der Waals surface area contributed by atoms with Crippen molar-refractivity contribution in [1.82, 2.24) is 9.88 Å². The van der Waals surface area contributed by atoms with Crippen LogP contribution >= 0.6 is 0 Å². The van der Waals surface area contributed by atoms with Crippen LogP contribution in [-0.2, 0) is 16.1 Å². The first kappa shape index (κ1) is 15.9. The van der Waals surface area contributed by atoms with Gasteiger partial charge in [0.15, 0.2) is 0 Å². The highest BCUT2D eigenvalue weighted by Crippen LogP contribution is 2.06. The average Bonchev–Trinajstić information content (AvgIpc) is 2.36. The topological polar surface area (TPSA) is 88.4 Å². The molecule has 1 amide bonds. The van der Waals surface area contributed by atoms with Crippen molar-refractivity contribution in [2.45, 2.75) is 39.3 Å². The number of carbonyl (C=O) groups is 2. The third kappa shape index (κ3) is 5.26. The molecular formula is C14H20N2O4. The number of aliphatic carboxylic acids is 1. The number of aryl methyl sites for hydroxylation is 1. The highest BCUT2D eigenvalue weighted by Gasteiger charge is 2.19. The van der Waals surface area contributed by atoms with Crippen molar-refractivity contribution < 1.29 is 14.7 Å². The highest BCUT2D eigenvalue weighted by molar-refractivity contribution is 5.77. The fourth-order valence-electron chi connectivity index (χ4n) is 1.79. The second-order valence-electron chi connectivity index (χ2n) is 5.00. The van der Waals surface area contributed by atoms with Gasteiger partial charge in [0.1, 0.15) is 0 Å². The van der Waals surface area contributed by atoms with Crippen molar-refractivity contribution in [3.63, 3.8) is 0 Å². The molecule has 2 N–H and O–H groups in total. The fourth-order valence-corrected chi connectivity index (χ4v) is 1.79. The summed E-state index contributed by atoms with van der Waals surface area (Å²) in [5.74, 6) is -1.15. The molecule has 6 heteroatoms. The molecular weight excluding hydrogens is 260 g/mol. The summed E-state index contributed by atoms with van der Waals surface area (Å²) in [6, 6.07) is 4.40. The van der Waals surface area contributed by atoms with Crippen LogP contribution in [-0.4, -0.2) is 27.6 Å². The molecule has 0 saturated heterocycles. The Balaban J connectivity index is 2.52. The molecule has 1 aromatic heterocycles. The van der Waals surface area contributed by atoms with Crippen molar-refractivity contribution in [2.75, 3.05) is 0 Å². The third-order valence-electron chi connectivity index (χ3n) is 3.02. The van der Waals surface area contributed by atoms with E-state index in [1.165, 1.54) is 10.6 Å². The summed E-state index contributed by atoms with van der Waals surface area (Å²) < 4.78 is 1.45. The minimum Gasteiger partial charge on any atom is -0.481 e. The number of hydrogen-bond acceptors (Lipinski definition) is 3. The lowest BCUT2D eigenvalue weighted by Crippen LogP contribution is -2.40. The van der Waals surface area contributed by atoms with Gasteiger partial charge in [0, 0.05) is 31.3 Å². The molecule has 0 aliphatic heterocycles. The number of rotatable bonds is 7. The molecule has 0 radical (unpaired) electrons. The van der Waals surface area contributed by atoms with Crippen molar-refractivity contribution in [1.29, 1.82) is 0 Å². The molecule has 0 saturated carbocycles. The molecule has 0 spiro atoms. The van der Waals surface area contributed by atoms with Gasteiger partial charge in [-0.15, -0.1) is 0 Å². The summed E-state index contributed by atoms with van der Waals surface area (Å²) >= 11 is 0. The Morgan fingerprint density at radius 3 is 2.60 bits per heavy atom. The maximum Gasteiger partial charge on any atom is 0.305 e. The maximum absolute atomic E-state index is 11.8. The molecule has 0 aliphatic carbocycles. The van der Waals surface area contributed by atoms with Crippen LogP contribution < -0.4 is 10.9 Å².